The van der Waals surface area contributed by atoms with Gasteiger partial charge < -0.3 is 20.3 Å². The molecule has 0 radical (unpaired) electrons. The minimum absolute atomic E-state index is 0.238. The second-order valence-electron chi connectivity index (χ2n) is 11.9. The van der Waals surface area contributed by atoms with Gasteiger partial charge in [-0.25, -0.2) is 0 Å². The number of ether oxygens (including phenoxy) is 1. The van der Waals surface area contributed by atoms with Gasteiger partial charge in [0.25, 0.3) is 0 Å². The summed E-state index contributed by atoms with van der Waals surface area (Å²) in [6.45, 7) is 9.14. The first-order valence-corrected chi connectivity index (χ1v) is 16.0. The second-order valence-corrected chi connectivity index (χ2v) is 11.9. The van der Waals surface area contributed by atoms with Crippen molar-refractivity contribution in [1.82, 2.24) is 5.32 Å². The fourth-order valence-electron chi connectivity index (χ4n) is 5.27. The molecule has 1 atom stereocenters. The number of amides is 1. The molecule has 0 spiro atoms. The van der Waals surface area contributed by atoms with Gasteiger partial charge in [0.15, 0.2) is 0 Å². The molecule has 7 nitrogen and oxygen atoms in total. The van der Waals surface area contributed by atoms with Crippen molar-refractivity contribution < 1.29 is 29.3 Å². The van der Waals surface area contributed by atoms with Crippen LogP contribution in [0.3, 0.4) is 0 Å². The van der Waals surface area contributed by atoms with Crippen LogP contribution in [0.2, 0.25) is 0 Å². The van der Waals surface area contributed by atoms with E-state index in [2.05, 4.69) is 12.2 Å². The average molecular weight is 556 g/mol. The van der Waals surface area contributed by atoms with Crippen molar-refractivity contribution >= 4 is 17.8 Å². The Kier molecular flexibility index (Phi) is 22.1. The first-order chi connectivity index (χ1) is 18.6. The Hall–Kier alpha value is -1.63. The van der Waals surface area contributed by atoms with Crippen LogP contribution in [0.25, 0.3) is 0 Å². The van der Waals surface area contributed by atoms with Gasteiger partial charge in [0.1, 0.15) is 5.41 Å². The quantitative estimate of drug-likeness (QED) is 0.0661. The van der Waals surface area contributed by atoms with Crippen molar-refractivity contribution in [3.63, 3.8) is 0 Å². The van der Waals surface area contributed by atoms with E-state index in [1.807, 2.05) is 20.8 Å². The number of hydrogen-bond donors (Lipinski definition) is 3. The lowest BCUT2D eigenvalue weighted by molar-refractivity contribution is -0.157. The molecule has 0 aromatic rings. The molecule has 0 heterocycles. The molecular weight excluding hydrogens is 494 g/mol. The lowest BCUT2D eigenvalue weighted by Gasteiger charge is -2.30. The van der Waals surface area contributed by atoms with Gasteiger partial charge in [0, 0.05) is 19.6 Å². The predicted octanol–water partition coefficient (Wildman–Crippen LogP) is 8.29. The lowest BCUT2D eigenvalue weighted by atomic mass is 9.76. The number of carboxylic acids is 2. The Morgan fingerprint density at radius 3 is 1.49 bits per heavy atom. The standard InChI is InChI=1S/C32H61NO6/c1-5-7-8-9-10-12-15-18-21-24-32(30(37)38,29(36)33-27-26-31(3,4)39-6-2)25-22-19-16-13-11-14-17-20-23-28(34)35/h5-27H2,1-4H3,(H,33,36)(H,34,35)(H,37,38). The van der Waals surface area contributed by atoms with Gasteiger partial charge in [0.05, 0.1) is 5.60 Å². The zero-order chi connectivity index (χ0) is 29.4. The van der Waals surface area contributed by atoms with Crippen LogP contribution in [0.15, 0.2) is 0 Å². The van der Waals surface area contributed by atoms with Gasteiger partial charge in [0.2, 0.25) is 5.91 Å². The average Bonchev–Trinajstić information content (AvgIpc) is 2.86. The Labute approximate surface area is 239 Å². The minimum atomic E-state index is -1.37. The summed E-state index contributed by atoms with van der Waals surface area (Å²) in [6, 6.07) is 0. The number of carboxylic acid groups (broad SMARTS) is 2. The minimum Gasteiger partial charge on any atom is -0.481 e. The van der Waals surface area contributed by atoms with Crippen molar-refractivity contribution in [2.45, 2.75) is 168 Å². The van der Waals surface area contributed by atoms with Crippen LogP contribution in [-0.4, -0.2) is 46.8 Å². The SMILES string of the molecule is CCCCCCCCCCCC(CCCCCCCCCCC(=O)O)(C(=O)O)C(=O)NCCC(C)(C)OCC. The number of carbonyl (C=O) groups excluding carboxylic acids is 1. The van der Waals surface area contributed by atoms with Gasteiger partial charge in [-0.15, -0.1) is 0 Å². The van der Waals surface area contributed by atoms with E-state index in [0.29, 0.717) is 32.4 Å². The molecule has 39 heavy (non-hydrogen) atoms. The van der Waals surface area contributed by atoms with Gasteiger partial charge in [-0.1, -0.05) is 110 Å². The second kappa shape index (κ2) is 23.1. The molecule has 1 unspecified atom stereocenters. The Morgan fingerprint density at radius 2 is 1.08 bits per heavy atom. The third-order valence-corrected chi connectivity index (χ3v) is 7.84. The molecule has 0 fully saturated rings. The fourth-order valence-corrected chi connectivity index (χ4v) is 5.27. The number of aliphatic carboxylic acids is 2. The molecule has 7 heteroatoms. The normalized spacial score (nSPS) is 13.2. The van der Waals surface area contributed by atoms with E-state index < -0.39 is 17.4 Å². The largest absolute Gasteiger partial charge is 0.481 e. The van der Waals surface area contributed by atoms with Crippen LogP contribution in [0, 0.1) is 5.41 Å². The first-order valence-electron chi connectivity index (χ1n) is 16.0. The summed E-state index contributed by atoms with van der Waals surface area (Å²) < 4.78 is 5.73. The maximum absolute atomic E-state index is 13.4. The Balaban J connectivity index is 4.77. The van der Waals surface area contributed by atoms with Crippen LogP contribution in [0.1, 0.15) is 163 Å². The lowest BCUT2D eigenvalue weighted by Crippen LogP contribution is -2.47. The Morgan fingerprint density at radius 1 is 0.641 bits per heavy atom. The van der Waals surface area contributed by atoms with E-state index in [4.69, 9.17) is 9.84 Å². The summed E-state index contributed by atoms with van der Waals surface area (Å²) in [4.78, 5) is 36.5. The summed E-state index contributed by atoms with van der Waals surface area (Å²) in [6.07, 6.45) is 19.5. The van der Waals surface area contributed by atoms with Crippen molar-refractivity contribution in [3.8, 4) is 0 Å². The summed E-state index contributed by atoms with van der Waals surface area (Å²) in [5.74, 6) is -2.08. The topological polar surface area (TPSA) is 113 Å². The molecule has 0 aromatic carbocycles. The van der Waals surface area contributed by atoms with Gasteiger partial charge >= 0.3 is 11.9 Å². The third-order valence-electron chi connectivity index (χ3n) is 7.84. The highest BCUT2D eigenvalue weighted by atomic mass is 16.5. The highest BCUT2D eigenvalue weighted by Gasteiger charge is 2.44. The van der Waals surface area contributed by atoms with Crippen molar-refractivity contribution in [2.75, 3.05) is 13.2 Å². The molecule has 0 aliphatic carbocycles. The monoisotopic (exact) mass is 555 g/mol. The summed E-state index contributed by atoms with van der Waals surface area (Å²) in [7, 11) is 0. The van der Waals surface area contributed by atoms with E-state index in [1.54, 1.807) is 0 Å². The van der Waals surface area contributed by atoms with Crippen LogP contribution < -0.4 is 5.32 Å². The zero-order valence-corrected chi connectivity index (χ0v) is 25.8. The smallest absolute Gasteiger partial charge is 0.319 e. The van der Waals surface area contributed by atoms with Crippen molar-refractivity contribution in [3.05, 3.63) is 0 Å². The molecule has 0 aliphatic heterocycles. The molecule has 0 aromatic heterocycles. The summed E-state index contributed by atoms with van der Waals surface area (Å²) >= 11 is 0. The molecule has 0 rings (SSSR count). The summed E-state index contributed by atoms with van der Waals surface area (Å²) in [5, 5.41) is 22.0. The number of hydrogen-bond acceptors (Lipinski definition) is 4. The Bertz CT molecular complexity index is 651. The van der Waals surface area contributed by atoms with E-state index in [9.17, 15) is 19.5 Å². The van der Waals surface area contributed by atoms with Gasteiger partial charge in [-0.3, -0.25) is 14.4 Å². The van der Waals surface area contributed by atoms with E-state index >= 15 is 0 Å². The van der Waals surface area contributed by atoms with Crippen LogP contribution >= 0.6 is 0 Å². The highest BCUT2D eigenvalue weighted by Crippen LogP contribution is 2.33. The van der Waals surface area contributed by atoms with Crippen molar-refractivity contribution in [1.29, 1.82) is 0 Å². The molecule has 0 saturated carbocycles. The molecule has 230 valence electrons. The number of unbranched alkanes of at least 4 members (excludes halogenated alkanes) is 15. The van der Waals surface area contributed by atoms with Gasteiger partial charge in [-0.05, 0) is 46.5 Å². The van der Waals surface area contributed by atoms with E-state index in [0.717, 1.165) is 70.6 Å². The molecule has 0 aliphatic rings. The van der Waals surface area contributed by atoms with Crippen LogP contribution in [-0.2, 0) is 19.1 Å². The van der Waals surface area contributed by atoms with Crippen molar-refractivity contribution in [2.24, 2.45) is 5.41 Å². The van der Waals surface area contributed by atoms with E-state index in [1.165, 1.54) is 38.5 Å². The van der Waals surface area contributed by atoms with Crippen LogP contribution in [0.4, 0.5) is 0 Å². The maximum Gasteiger partial charge on any atom is 0.319 e. The molecule has 3 N–H and O–H groups in total. The zero-order valence-electron chi connectivity index (χ0n) is 25.8. The highest BCUT2D eigenvalue weighted by molar-refractivity contribution is 6.01. The number of carbonyl (C=O) groups is 3. The number of nitrogens with one attached hydrogen (secondary N) is 1. The first kappa shape index (κ1) is 37.4. The summed E-state index contributed by atoms with van der Waals surface area (Å²) in [5.41, 5.74) is -1.73. The fraction of sp³-hybridized carbons (Fsp3) is 0.906. The molecule has 0 bridgehead atoms. The third kappa shape index (κ3) is 19.1. The molecular formula is C32H61NO6. The number of rotatable bonds is 28. The molecule has 0 saturated heterocycles. The maximum atomic E-state index is 13.4. The van der Waals surface area contributed by atoms with Gasteiger partial charge in [-0.2, -0.15) is 0 Å². The van der Waals surface area contributed by atoms with Crippen LogP contribution in [0.5, 0.6) is 0 Å². The molecule has 1 amide bonds. The predicted molar refractivity (Wildman–Crippen MR) is 159 cm³/mol. The van der Waals surface area contributed by atoms with E-state index in [-0.39, 0.29) is 17.9 Å².